The smallest absolute Gasteiger partial charge is 0.259 e. The predicted octanol–water partition coefficient (Wildman–Crippen LogP) is 1.64. The zero-order valence-electron chi connectivity index (χ0n) is 10.5. The third-order valence-electron chi connectivity index (χ3n) is 4.01. The Hall–Kier alpha value is -1.52. The van der Waals surface area contributed by atoms with Gasteiger partial charge in [0.2, 0.25) is 0 Å². The second-order valence-corrected chi connectivity index (χ2v) is 5.15. The van der Waals surface area contributed by atoms with Crippen LogP contribution in [-0.4, -0.2) is 34.1 Å². The largest absolute Gasteiger partial charge is 0.383 e. The number of likely N-dealkylation sites (tertiary alicyclic amines) is 1. The fraction of sp³-hybridized carbons (Fsp3) is 0.667. The minimum Gasteiger partial charge on any atom is -0.383 e. The van der Waals surface area contributed by atoms with Crippen molar-refractivity contribution in [3.8, 4) is 0 Å². The standard InChI is InChI=1S/C12H20N4O/c1-3-12(2)4-6-16(7-5-12)11(17)9-8-14-15-10(9)13/h8H,3-7H2,1-2H3,(H3,13,14,15). The number of hydrogen-bond donors (Lipinski definition) is 2. The molecular formula is C12H20N4O. The third-order valence-corrected chi connectivity index (χ3v) is 4.01. The molecule has 2 rings (SSSR count). The summed E-state index contributed by atoms with van der Waals surface area (Å²) < 4.78 is 0. The fourth-order valence-corrected chi connectivity index (χ4v) is 2.24. The number of hydrogen-bond acceptors (Lipinski definition) is 3. The molecule has 5 nitrogen and oxygen atoms in total. The summed E-state index contributed by atoms with van der Waals surface area (Å²) in [6.07, 6.45) is 4.80. The van der Waals surface area contributed by atoms with Gasteiger partial charge in [0, 0.05) is 13.1 Å². The summed E-state index contributed by atoms with van der Waals surface area (Å²) in [6.45, 7) is 6.13. The summed E-state index contributed by atoms with van der Waals surface area (Å²) in [6, 6.07) is 0. The average Bonchev–Trinajstić information content (AvgIpc) is 2.76. The molecule has 0 radical (unpaired) electrons. The van der Waals surface area contributed by atoms with Crippen molar-refractivity contribution in [3.05, 3.63) is 11.8 Å². The van der Waals surface area contributed by atoms with Gasteiger partial charge in [0.05, 0.1) is 6.20 Å². The van der Waals surface area contributed by atoms with Gasteiger partial charge in [0.25, 0.3) is 5.91 Å². The summed E-state index contributed by atoms with van der Waals surface area (Å²) in [7, 11) is 0. The molecule has 0 atom stereocenters. The molecule has 1 fully saturated rings. The Morgan fingerprint density at radius 2 is 2.24 bits per heavy atom. The van der Waals surface area contributed by atoms with Crippen molar-refractivity contribution in [1.82, 2.24) is 15.1 Å². The summed E-state index contributed by atoms with van der Waals surface area (Å²) in [4.78, 5) is 14.0. The van der Waals surface area contributed by atoms with Gasteiger partial charge in [-0.05, 0) is 18.3 Å². The zero-order chi connectivity index (χ0) is 12.5. The van der Waals surface area contributed by atoms with E-state index >= 15 is 0 Å². The minimum absolute atomic E-state index is 0.00518. The Labute approximate surface area is 101 Å². The first-order valence-electron chi connectivity index (χ1n) is 6.14. The van der Waals surface area contributed by atoms with Gasteiger partial charge in [-0.25, -0.2) is 0 Å². The van der Waals surface area contributed by atoms with Gasteiger partial charge in [-0.2, -0.15) is 5.10 Å². The van der Waals surface area contributed by atoms with Crippen molar-refractivity contribution in [3.63, 3.8) is 0 Å². The lowest BCUT2D eigenvalue weighted by atomic mass is 9.78. The van der Waals surface area contributed by atoms with E-state index in [2.05, 4.69) is 24.0 Å². The number of nitrogen functional groups attached to an aromatic ring is 1. The molecule has 0 aromatic carbocycles. The molecule has 17 heavy (non-hydrogen) atoms. The quantitative estimate of drug-likeness (QED) is 0.819. The Morgan fingerprint density at radius 1 is 1.59 bits per heavy atom. The first kappa shape index (κ1) is 12.0. The molecule has 1 aliphatic heterocycles. The number of H-pyrrole nitrogens is 1. The van der Waals surface area contributed by atoms with Gasteiger partial charge in [0.15, 0.2) is 0 Å². The summed E-state index contributed by atoms with van der Waals surface area (Å²) in [5, 5.41) is 6.38. The zero-order valence-corrected chi connectivity index (χ0v) is 10.5. The van der Waals surface area contributed by atoms with Gasteiger partial charge in [0.1, 0.15) is 11.4 Å². The number of piperidine rings is 1. The number of amides is 1. The Bertz CT molecular complexity index is 404. The highest BCUT2D eigenvalue weighted by atomic mass is 16.2. The molecule has 1 aromatic heterocycles. The molecule has 0 bridgehead atoms. The van der Waals surface area contributed by atoms with E-state index in [4.69, 9.17) is 5.73 Å². The van der Waals surface area contributed by atoms with Crippen molar-refractivity contribution in [2.24, 2.45) is 5.41 Å². The SMILES string of the molecule is CCC1(C)CCN(C(=O)c2cn[nH]c2N)CC1. The number of nitrogens with one attached hydrogen (secondary N) is 1. The second kappa shape index (κ2) is 4.39. The van der Waals surface area contributed by atoms with Gasteiger partial charge in [-0.1, -0.05) is 20.3 Å². The first-order chi connectivity index (χ1) is 8.06. The van der Waals surface area contributed by atoms with Crippen LogP contribution < -0.4 is 5.73 Å². The van der Waals surface area contributed by atoms with Crippen LogP contribution in [0.1, 0.15) is 43.5 Å². The highest BCUT2D eigenvalue weighted by Gasteiger charge is 2.31. The highest BCUT2D eigenvalue weighted by molar-refractivity contribution is 5.98. The van der Waals surface area contributed by atoms with Crippen LogP contribution in [0.5, 0.6) is 0 Å². The van der Waals surface area contributed by atoms with Crippen LogP contribution in [0.2, 0.25) is 0 Å². The Kier molecular flexibility index (Phi) is 3.09. The number of rotatable bonds is 2. The predicted molar refractivity (Wildman–Crippen MR) is 66.5 cm³/mol. The van der Waals surface area contributed by atoms with Crippen LogP contribution in [0.4, 0.5) is 5.82 Å². The van der Waals surface area contributed by atoms with Crippen LogP contribution in [0.15, 0.2) is 6.20 Å². The normalized spacial score (nSPS) is 19.3. The molecule has 0 saturated carbocycles. The van der Waals surface area contributed by atoms with E-state index in [1.165, 1.54) is 12.6 Å². The third kappa shape index (κ3) is 2.28. The van der Waals surface area contributed by atoms with Crippen molar-refractivity contribution < 1.29 is 4.79 Å². The highest BCUT2D eigenvalue weighted by Crippen LogP contribution is 2.34. The lowest BCUT2D eigenvalue weighted by Crippen LogP contribution is -2.42. The van der Waals surface area contributed by atoms with Crippen molar-refractivity contribution in [2.45, 2.75) is 33.1 Å². The van der Waals surface area contributed by atoms with Gasteiger partial charge in [-0.15, -0.1) is 0 Å². The van der Waals surface area contributed by atoms with E-state index in [1.54, 1.807) is 0 Å². The van der Waals surface area contributed by atoms with E-state index in [0.29, 0.717) is 16.8 Å². The number of carbonyl (C=O) groups excluding carboxylic acids is 1. The van der Waals surface area contributed by atoms with Crippen molar-refractivity contribution >= 4 is 11.7 Å². The Morgan fingerprint density at radius 3 is 2.71 bits per heavy atom. The van der Waals surface area contributed by atoms with Crippen LogP contribution in [-0.2, 0) is 0 Å². The van der Waals surface area contributed by atoms with E-state index in [-0.39, 0.29) is 5.91 Å². The summed E-state index contributed by atoms with van der Waals surface area (Å²) >= 11 is 0. The molecule has 94 valence electrons. The van der Waals surface area contributed by atoms with Crippen LogP contribution >= 0.6 is 0 Å². The molecule has 1 amide bonds. The molecule has 1 saturated heterocycles. The van der Waals surface area contributed by atoms with E-state index in [0.717, 1.165) is 25.9 Å². The number of carbonyl (C=O) groups is 1. The summed E-state index contributed by atoms with van der Waals surface area (Å²) in [5.74, 6) is 0.355. The molecule has 0 unspecified atom stereocenters. The maximum Gasteiger partial charge on any atom is 0.259 e. The van der Waals surface area contributed by atoms with E-state index in [1.807, 2.05) is 4.90 Å². The van der Waals surface area contributed by atoms with E-state index in [9.17, 15) is 4.79 Å². The number of anilines is 1. The number of aromatic amines is 1. The molecule has 1 aliphatic rings. The molecule has 2 heterocycles. The van der Waals surface area contributed by atoms with Gasteiger partial charge < -0.3 is 10.6 Å². The average molecular weight is 236 g/mol. The topological polar surface area (TPSA) is 75.0 Å². The van der Waals surface area contributed by atoms with Gasteiger partial charge >= 0.3 is 0 Å². The van der Waals surface area contributed by atoms with Crippen LogP contribution in [0, 0.1) is 5.41 Å². The Balaban J connectivity index is 2.02. The molecular weight excluding hydrogens is 216 g/mol. The fourth-order valence-electron chi connectivity index (χ4n) is 2.24. The lowest BCUT2D eigenvalue weighted by Gasteiger charge is -2.38. The number of nitrogens with two attached hydrogens (primary N) is 1. The minimum atomic E-state index is -0.00518. The number of nitrogens with zero attached hydrogens (tertiary/aromatic N) is 2. The van der Waals surface area contributed by atoms with Gasteiger partial charge in [-0.3, -0.25) is 9.89 Å². The molecule has 1 aromatic rings. The van der Waals surface area contributed by atoms with E-state index < -0.39 is 0 Å². The number of aromatic nitrogens is 2. The molecule has 3 N–H and O–H groups in total. The van der Waals surface area contributed by atoms with Crippen LogP contribution in [0.25, 0.3) is 0 Å². The molecule has 0 spiro atoms. The van der Waals surface area contributed by atoms with Crippen LogP contribution in [0.3, 0.4) is 0 Å². The maximum absolute atomic E-state index is 12.2. The second-order valence-electron chi connectivity index (χ2n) is 5.15. The first-order valence-corrected chi connectivity index (χ1v) is 6.14. The lowest BCUT2D eigenvalue weighted by molar-refractivity contribution is 0.0601. The monoisotopic (exact) mass is 236 g/mol. The van der Waals surface area contributed by atoms with Crippen molar-refractivity contribution in [2.75, 3.05) is 18.8 Å². The van der Waals surface area contributed by atoms with Crippen molar-refractivity contribution in [1.29, 1.82) is 0 Å². The molecule has 0 aliphatic carbocycles. The maximum atomic E-state index is 12.2. The summed E-state index contributed by atoms with van der Waals surface area (Å²) in [5.41, 5.74) is 6.54. The molecule has 5 heteroatoms.